The van der Waals surface area contributed by atoms with E-state index in [0.29, 0.717) is 24.3 Å². The van der Waals surface area contributed by atoms with Crippen molar-refractivity contribution in [3.8, 4) is 0 Å². The van der Waals surface area contributed by atoms with Crippen LogP contribution in [0.5, 0.6) is 0 Å². The van der Waals surface area contributed by atoms with Crippen molar-refractivity contribution in [1.82, 2.24) is 5.32 Å². The molecule has 22 heavy (non-hydrogen) atoms. The van der Waals surface area contributed by atoms with Crippen molar-refractivity contribution in [1.29, 1.82) is 0 Å². The fourth-order valence-electron chi connectivity index (χ4n) is 1.79. The number of carbonyl (C=O) groups excluding carboxylic acids is 1. The van der Waals surface area contributed by atoms with Gasteiger partial charge in [-0.2, -0.15) is 0 Å². The van der Waals surface area contributed by atoms with Crippen LogP contribution >= 0.6 is 11.8 Å². The minimum atomic E-state index is -0.869. The number of nitro groups is 1. The zero-order valence-corrected chi connectivity index (χ0v) is 13.0. The first-order valence-electron chi connectivity index (χ1n) is 6.87. The van der Waals surface area contributed by atoms with Crippen LogP contribution in [0.2, 0.25) is 0 Å². The number of amides is 1. The Kier molecular flexibility index (Phi) is 7.38. The smallest absolute Gasteiger partial charge is 0.303 e. The summed E-state index contributed by atoms with van der Waals surface area (Å²) in [5, 5.41) is 22.0. The normalized spacial score (nSPS) is 10.2. The summed E-state index contributed by atoms with van der Waals surface area (Å²) in [6, 6.07) is 4.22. The largest absolute Gasteiger partial charge is 0.481 e. The molecule has 1 amide bonds. The van der Waals surface area contributed by atoms with Gasteiger partial charge in [-0.15, -0.1) is 11.8 Å². The van der Waals surface area contributed by atoms with E-state index in [2.05, 4.69) is 5.32 Å². The lowest BCUT2D eigenvalue weighted by Gasteiger charge is -2.09. The summed E-state index contributed by atoms with van der Waals surface area (Å²) in [5.41, 5.74) is 0.149. The maximum absolute atomic E-state index is 12.1. The number of nitrogens with one attached hydrogen (secondary N) is 1. The Balaban J connectivity index is 2.70. The van der Waals surface area contributed by atoms with E-state index in [-0.39, 0.29) is 23.6 Å². The number of nitrogens with zero attached hydrogens (tertiary/aromatic N) is 1. The predicted molar refractivity (Wildman–Crippen MR) is 83.3 cm³/mol. The maximum Gasteiger partial charge on any atom is 0.303 e. The van der Waals surface area contributed by atoms with Gasteiger partial charge in [-0.3, -0.25) is 19.7 Å². The number of hydrogen-bond donors (Lipinski definition) is 2. The van der Waals surface area contributed by atoms with Crippen LogP contribution in [0.4, 0.5) is 5.69 Å². The molecule has 0 aromatic heterocycles. The number of non-ortho nitro benzene ring substituents is 1. The Hall–Kier alpha value is -2.09. The monoisotopic (exact) mass is 326 g/mol. The molecular formula is C14H18N2O5S. The number of rotatable bonds is 9. The van der Waals surface area contributed by atoms with Gasteiger partial charge in [0.05, 0.1) is 10.5 Å². The maximum atomic E-state index is 12.1. The van der Waals surface area contributed by atoms with E-state index >= 15 is 0 Å². The molecular weight excluding hydrogens is 308 g/mol. The first kappa shape index (κ1) is 18.0. The highest BCUT2D eigenvalue weighted by Crippen LogP contribution is 2.26. The van der Waals surface area contributed by atoms with Gasteiger partial charge in [-0.25, -0.2) is 0 Å². The first-order chi connectivity index (χ1) is 10.5. The third-order valence-electron chi connectivity index (χ3n) is 2.82. The van der Waals surface area contributed by atoms with Crippen molar-refractivity contribution in [2.24, 2.45) is 0 Å². The van der Waals surface area contributed by atoms with Crippen molar-refractivity contribution in [3.63, 3.8) is 0 Å². The van der Waals surface area contributed by atoms with Gasteiger partial charge in [0.1, 0.15) is 0 Å². The van der Waals surface area contributed by atoms with Crippen LogP contribution in [0.1, 0.15) is 36.5 Å². The molecule has 0 atom stereocenters. The van der Waals surface area contributed by atoms with Crippen LogP contribution in [0.3, 0.4) is 0 Å². The topological polar surface area (TPSA) is 110 Å². The molecule has 7 nitrogen and oxygen atoms in total. The fourth-order valence-corrected chi connectivity index (χ4v) is 2.57. The van der Waals surface area contributed by atoms with E-state index < -0.39 is 10.9 Å². The fraction of sp³-hybridized carbons (Fsp3) is 0.429. The zero-order chi connectivity index (χ0) is 16.5. The highest BCUT2D eigenvalue weighted by molar-refractivity contribution is 7.99. The average molecular weight is 326 g/mol. The standard InChI is InChI=1S/C14H18N2O5S/c1-2-22-12-7-6-10(16(20)21)9-11(12)14(19)15-8-4-3-5-13(17)18/h6-7,9H,2-5,8H2,1H3,(H,15,19)(H,17,18). The number of nitro benzene ring substituents is 1. The van der Waals surface area contributed by atoms with Crippen molar-refractivity contribution < 1.29 is 19.6 Å². The highest BCUT2D eigenvalue weighted by atomic mass is 32.2. The van der Waals surface area contributed by atoms with Gasteiger partial charge in [-0.1, -0.05) is 6.92 Å². The molecule has 0 fully saturated rings. The molecule has 0 radical (unpaired) electrons. The molecule has 1 aromatic carbocycles. The van der Waals surface area contributed by atoms with E-state index in [1.54, 1.807) is 6.07 Å². The second kappa shape index (κ2) is 9.04. The molecule has 120 valence electrons. The third kappa shape index (κ3) is 5.72. The Morgan fingerprint density at radius 3 is 2.68 bits per heavy atom. The number of aliphatic carboxylic acids is 1. The van der Waals surface area contributed by atoms with E-state index in [0.717, 1.165) is 5.75 Å². The zero-order valence-electron chi connectivity index (χ0n) is 12.2. The molecule has 0 aliphatic heterocycles. The molecule has 0 unspecified atom stereocenters. The predicted octanol–water partition coefficient (Wildman–Crippen LogP) is 2.69. The van der Waals surface area contributed by atoms with Crippen LogP contribution in [0.15, 0.2) is 23.1 Å². The summed E-state index contributed by atoms with van der Waals surface area (Å²) in [5.74, 6) is -0.502. The molecule has 1 rings (SSSR count). The summed E-state index contributed by atoms with van der Waals surface area (Å²) in [7, 11) is 0. The molecule has 0 spiro atoms. The second-order valence-corrected chi connectivity index (χ2v) is 5.78. The van der Waals surface area contributed by atoms with Crippen LogP contribution in [-0.4, -0.2) is 34.2 Å². The first-order valence-corrected chi connectivity index (χ1v) is 7.85. The van der Waals surface area contributed by atoms with Gasteiger partial charge in [-0.05, 0) is 24.7 Å². The Bertz CT molecular complexity index is 562. The molecule has 0 aliphatic carbocycles. The van der Waals surface area contributed by atoms with Crippen LogP contribution in [0, 0.1) is 10.1 Å². The van der Waals surface area contributed by atoms with Gasteiger partial charge in [0.25, 0.3) is 11.6 Å². The molecule has 0 heterocycles. The summed E-state index contributed by atoms with van der Waals surface area (Å²) >= 11 is 1.44. The van der Waals surface area contributed by atoms with Crippen LogP contribution < -0.4 is 5.32 Å². The van der Waals surface area contributed by atoms with Gasteiger partial charge < -0.3 is 10.4 Å². The minimum absolute atomic E-state index is 0.0591. The van der Waals surface area contributed by atoms with Crippen molar-refractivity contribution in [2.45, 2.75) is 31.1 Å². The Morgan fingerprint density at radius 1 is 1.36 bits per heavy atom. The number of hydrogen-bond acceptors (Lipinski definition) is 5. The lowest BCUT2D eigenvalue weighted by atomic mass is 10.1. The van der Waals surface area contributed by atoms with E-state index in [1.807, 2.05) is 6.92 Å². The average Bonchev–Trinajstić information content (AvgIpc) is 2.46. The molecule has 0 aliphatic rings. The number of unbranched alkanes of at least 4 members (excludes halogenated alkanes) is 1. The van der Waals surface area contributed by atoms with Crippen LogP contribution in [0.25, 0.3) is 0 Å². The van der Waals surface area contributed by atoms with Gasteiger partial charge in [0, 0.05) is 30.0 Å². The summed E-state index contributed by atoms with van der Waals surface area (Å²) in [6.45, 7) is 2.27. The Labute approximate surface area is 132 Å². The number of benzene rings is 1. The van der Waals surface area contributed by atoms with Crippen LogP contribution in [-0.2, 0) is 4.79 Å². The number of thioether (sulfide) groups is 1. The molecule has 0 bridgehead atoms. The van der Waals surface area contributed by atoms with Gasteiger partial charge in [0.15, 0.2) is 0 Å². The molecule has 0 saturated carbocycles. The van der Waals surface area contributed by atoms with E-state index in [4.69, 9.17) is 5.11 Å². The van der Waals surface area contributed by atoms with Crippen molar-refractivity contribution >= 4 is 29.3 Å². The number of carbonyl (C=O) groups is 2. The summed E-state index contributed by atoms with van der Waals surface area (Å²) < 4.78 is 0. The molecule has 8 heteroatoms. The minimum Gasteiger partial charge on any atom is -0.481 e. The van der Waals surface area contributed by atoms with Gasteiger partial charge >= 0.3 is 5.97 Å². The van der Waals surface area contributed by atoms with Crippen molar-refractivity contribution in [3.05, 3.63) is 33.9 Å². The molecule has 0 saturated heterocycles. The Morgan fingerprint density at radius 2 is 2.09 bits per heavy atom. The summed E-state index contributed by atoms with van der Waals surface area (Å²) in [4.78, 5) is 33.5. The number of carboxylic acids is 1. The summed E-state index contributed by atoms with van der Waals surface area (Å²) in [6.07, 6.45) is 1.08. The van der Waals surface area contributed by atoms with E-state index in [1.165, 1.54) is 23.9 Å². The molecule has 2 N–H and O–H groups in total. The van der Waals surface area contributed by atoms with Crippen molar-refractivity contribution in [2.75, 3.05) is 12.3 Å². The second-order valence-electron chi connectivity index (χ2n) is 4.48. The highest BCUT2D eigenvalue weighted by Gasteiger charge is 2.16. The van der Waals surface area contributed by atoms with E-state index in [9.17, 15) is 19.7 Å². The molecule has 1 aromatic rings. The van der Waals surface area contributed by atoms with Gasteiger partial charge in [0.2, 0.25) is 0 Å². The number of carboxylic acid groups (broad SMARTS) is 1. The quantitative estimate of drug-likeness (QED) is 0.312. The SMILES string of the molecule is CCSc1ccc([N+](=O)[O-])cc1C(=O)NCCCCC(=O)O. The lowest BCUT2D eigenvalue weighted by molar-refractivity contribution is -0.384. The lowest BCUT2D eigenvalue weighted by Crippen LogP contribution is -2.25. The third-order valence-corrected chi connectivity index (χ3v) is 3.78.